The van der Waals surface area contributed by atoms with E-state index in [0.717, 1.165) is 11.8 Å². The van der Waals surface area contributed by atoms with Gasteiger partial charge in [-0.2, -0.15) is 0 Å². The first-order chi connectivity index (χ1) is 6.38. The highest BCUT2D eigenvalue weighted by Crippen LogP contribution is 2.38. The van der Waals surface area contributed by atoms with Crippen LogP contribution in [0.2, 0.25) is 0 Å². The van der Waals surface area contributed by atoms with Crippen molar-refractivity contribution in [2.45, 2.75) is 58.3 Å². The van der Waals surface area contributed by atoms with E-state index in [1.807, 2.05) is 5.57 Å². The second kappa shape index (κ2) is 4.30. The van der Waals surface area contributed by atoms with E-state index in [4.69, 9.17) is 0 Å². The molecule has 0 saturated heterocycles. The average molecular weight is 178 g/mol. The molecule has 0 N–H and O–H groups in total. The molecule has 0 nitrogen and oxygen atoms in total. The minimum absolute atomic E-state index is 0.967. The van der Waals surface area contributed by atoms with Crippen LogP contribution in [-0.2, 0) is 0 Å². The predicted molar refractivity (Wildman–Crippen MR) is 57.7 cm³/mol. The molecule has 2 aliphatic rings. The summed E-state index contributed by atoms with van der Waals surface area (Å²) in [6, 6.07) is 0. The van der Waals surface area contributed by atoms with Crippen LogP contribution in [0.3, 0.4) is 0 Å². The Hall–Kier alpha value is -0.260. The maximum Gasteiger partial charge on any atom is -0.0178 e. The van der Waals surface area contributed by atoms with Gasteiger partial charge >= 0.3 is 0 Å². The molecule has 0 amide bonds. The molecule has 74 valence electrons. The Bertz CT molecular complexity index is 190. The smallest absolute Gasteiger partial charge is 0.0178 e. The van der Waals surface area contributed by atoms with Crippen molar-refractivity contribution in [1.82, 2.24) is 0 Å². The summed E-state index contributed by atoms with van der Waals surface area (Å²) >= 11 is 0. The Balaban J connectivity index is 2.00. The molecule has 13 heavy (non-hydrogen) atoms. The average Bonchev–Trinajstić information content (AvgIpc) is 2.20. The first-order valence-corrected chi connectivity index (χ1v) is 6.07. The highest BCUT2D eigenvalue weighted by molar-refractivity contribution is 5.11. The molecule has 0 aromatic carbocycles. The quantitative estimate of drug-likeness (QED) is 0.525. The van der Waals surface area contributed by atoms with Gasteiger partial charge in [0.05, 0.1) is 0 Å². The summed E-state index contributed by atoms with van der Waals surface area (Å²) in [6.07, 6.45) is 14.1. The molecule has 0 aliphatic heterocycles. The van der Waals surface area contributed by atoms with Gasteiger partial charge in [-0.25, -0.2) is 0 Å². The van der Waals surface area contributed by atoms with Gasteiger partial charge in [0.25, 0.3) is 0 Å². The summed E-state index contributed by atoms with van der Waals surface area (Å²) < 4.78 is 0. The molecule has 0 spiro atoms. The van der Waals surface area contributed by atoms with Crippen molar-refractivity contribution in [3.05, 3.63) is 11.6 Å². The van der Waals surface area contributed by atoms with Gasteiger partial charge in [-0.15, -0.1) is 0 Å². The maximum atomic E-state index is 2.55. The Morgan fingerprint density at radius 2 is 1.92 bits per heavy atom. The number of allylic oxidation sites excluding steroid dienone is 2. The van der Waals surface area contributed by atoms with Crippen LogP contribution in [0.5, 0.6) is 0 Å². The van der Waals surface area contributed by atoms with Crippen LogP contribution in [0.25, 0.3) is 0 Å². The SMILES string of the molecule is CC1CCCCC1C1=CCCCC1. The molecule has 0 aromatic rings. The Morgan fingerprint density at radius 3 is 2.62 bits per heavy atom. The van der Waals surface area contributed by atoms with Gasteiger partial charge in [0, 0.05) is 0 Å². The van der Waals surface area contributed by atoms with Gasteiger partial charge in [0.15, 0.2) is 0 Å². The van der Waals surface area contributed by atoms with E-state index in [1.54, 1.807) is 0 Å². The van der Waals surface area contributed by atoms with Crippen LogP contribution in [0.4, 0.5) is 0 Å². The monoisotopic (exact) mass is 178 g/mol. The van der Waals surface area contributed by atoms with Gasteiger partial charge in [0.1, 0.15) is 0 Å². The van der Waals surface area contributed by atoms with Crippen LogP contribution in [0.1, 0.15) is 58.3 Å². The van der Waals surface area contributed by atoms with E-state index in [2.05, 4.69) is 13.0 Å². The number of hydrogen-bond donors (Lipinski definition) is 0. The lowest BCUT2D eigenvalue weighted by molar-refractivity contribution is 0.284. The van der Waals surface area contributed by atoms with Gasteiger partial charge < -0.3 is 0 Å². The molecule has 0 radical (unpaired) electrons. The predicted octanol–water partition coefficient (Wildman–Crippen LogP) is 4.31. The highest BCUT2D eigenvalue weighted by atomic mass is 14.3. The maximum absolute atomic E-state index is 2.55. The molecular weight excluding hydrogens is 156 g/mol. The molecule has 0 heteroatoms. The zero-order valence-electron chi connectivity index (χ0n) is 8.89. The van der Waals surface area contributed by atoms with E-state index in [-0.39, 0.29) is 0 Å². The standard InChI is InChI=1S/C13H22/c1-11-7-5-6-10-13(11)12-8-3-2-4-9-12/h8,11,13H,2-7,9-10H2,1H3. The van der Waals surface area contributed by atoms with E-state index in [9.17, 15) is 0 Å². The zero-order chi connectivity index (χ0) is 9.10. The molecule has 0 aromatic heterocycles. The lowest BCUT2D eigenvalue weighted by atomic mass is 9.73. The van der Waals surface area contributed by atoms with Crippen LogP contribution >= 0.6 is 0 Å². The lowest BCUT2D eigenvalue weighted by Gasteiger charge is -2.32. The third kappa shape index (κ3) is 2.15. The molecule has 0 bridgehead atoms. The van der Waals surface area contributed by atoms with Gasteiger partial charge in [-0.3, -0.25) is 0 Å². The summed E-state index contributed by atoms with van der Waals surface area (Å²) in [5.74, 6) is 1.94. The third-order valence-electron chi connectivity index (χ3n) is 3.91. The first-order valence-electron chi connectivity index (χ1n) is 6.07. The molecule has 2 rings (SSSR count). The third-order valence-corrected chi connectivity index (χ3v) is 3.91. The van der Waals surface area contributed by atoms with Crippen molar-refractivity contribution in [2.75, 3.05) is 0 Å². The normalized spacial score (nSPS) is 35.6. The largest absolute Gasteiger partial charge is 0.0850 e. The van der Waals surface area contributed by atoms with Crippen molar-refractivity contribution in [3.8, 4) is 0 Å². The van der Waals surface area contributed by atoms with Crippen molar-refractivity contribution < 1.29 is 0 Å². The van der Waals surface area contributed by atoms with Crippen molar-refractivity contribution in [2.24, 2.45) is 11.8 Å². The van der Waals surface area contributed by atoms with E-state index < -0.39 is 0 Å². The Kier molecular flexibility index (Phi) is 3.08. The first kappa shape index (κ1) is 9.30. The second-order valence-electron chi connectivity index (χ2n) is 4.89. The fraction of sp³-hybridized carbons (Fsp3) is 0.846. The van der Waals surface area contributed by atoms with E-state index >= 15 is 0 Å². The van der Waals surface area contributed by atoms with Crippen LogP contribution in [0, 0.1) is 11.8 Å². The van der Waals surface area contributed by atoms with E-state index in [1.165, 1.54) is 51.4 Å². The van der Waals surface area contributed by atoms with Gasteiger partial charge in [-0.05, 0) is 43.9 Å². The van der Waals surface area contributed by atoms with Crippen LogP contribution in [-0.4, -0.2) is 0 Å². The topological polar surface area (TPSA) is 0 Å². The fourth-order valence-electron chi connectivity index (χ4n) is 3.07. The molecule has 0 heterocycles. The fourth-order valence-corrected chi connectivity index (χ4v) is 3.07. The minimum atomic E-state index is 0.967. The van der Waals surface area contributed by atoms with Crippen molar-refractivity contribution in [1.29, 1.82) is 0 Å². The summed E-state index contributed by atoms with van der Waals surface area (Å²) in [7, 11) is 0. The summed E-state index contributed by atoms with van der Waals surface area (Å²) in [4.78, 5) is 0. The Morgan fingerprint density at radius 1 is 1.08 bits per heavy atom. The number of hydrogen-bond acceptors (Lipinski definition) is 0. The highest BCUT2D eigenvalue weighted by Gasteiger charge is 2.24. The number of rotatable bonds is 1. The molecule has 2 unspecified atom stereocenters. The van der Waals surface area contributed by atoms with Gasteiger partial charge in [-0.1, -0.05) is 37.8 Å². The molecule has 2 aliphatic carbocycles. The lowest BCUT2D eigenvalue weighted by Crippen LogP contribution is -2.19. The van der Waals surface area contributed by atoms with Crippen LogP contribution < -0.4 is 0 Å². The summed E-state index contributed by atoms with van der Waals surface area (Å²) in [5.41, 5.74) is 1.82. The van der Waals surface area contributed by atoms with Gasteiger partial charge in [0.2, 0.25) is 0 Å². The summed E-state index contributed by atoms with van der Waals surface area (Å²) in [5, 5.41) is 0. The zero-order valence-corrected chi connectivity index (χ0v) is 8.89. The Labute approximate surface area is 82.4 Å². The molecule has 1 saturated carbocycles. The molecular formula is C13H22. The summed E-state index contributed by atoms with van der Waals surface area (Å²) in [6.45, 7) is 2.46. The van der Waals surface area contributed by atoms with Crippen molar-refractivity contribution in [3.63, 3.8) is 0 Å². The van der Waals surface area contributed by atoms with Crippen LogP contribution in [0.15, 0.2) is 11.6 Å². The van der Waals surface area contributed by atoms with E-state index in [0.29, 0.717) is 0 Å². The molecule has 2 atom stereocenters. The molecule has 1 fully saturated rings. The minimum Gasteiger partial charge on any atom is -0.0850 e. The van der Waals surface area contributed by atoms with Crippen molar-refractivity contribution >= 4 is 0 Å². The second-order valence-corrected chi connectivity index (χ2v) is 4.89.